The van der Waals surface area contributed by atoms with Crippen LogP contribution < -0.4 is 5.32 Å². The lowest BCUT2D eigenvalue weighted by molar-refractivity contribution is 0.0101. The highest BCUT2D eigenvalue weighted by Crippen LogP contribution is 2.24. The summed E-state index contributed by atoms with van der Waals surface area (Å²) in [5.74, 6) is -0.449. The van der Waals surface area contributed by atoms with E-state index < -0.39 is 18.1 Å². The van der Waals surface area contributed by atoms with Crippen molar-refractivity contribution in [1.82, 2.24) is 15.2 Å². The Morgan fingerprint density at radius 3 is 2.78 bits per heavy atom. The van der Waals surface area contributed by atoms with Crippen LogP contribution in [0.1, 0.15) is 28.2 Å². The van der Waals surface area contributed by atoms with Crippen molar-refractivity contribution in [2.75, 3.05) is 20.2 Å². The number of aromatic nitrogens is 1. The Kier molecular flexibility index (Phi) is 5.13. The highest BCUT2D eigenvalue weighted by Gasteiger charge is 2.33. The standard InChI is InChI=1S/C14H17ClN4O4/c1-7-8(5-16)11(15)12(17-7)13(20)18-9-3-4-19(14(21)22)6-10(9)23-2/h9-10,17H,3-4,6H2,1-2H3,(H,18,20)(H,21,22)/t9-,10+/m1/s1. The maximum absolute atomic E-state index is 12.4. The third-order valence-electron chi connectivity index (χ3n) is 3.91. The fourth-order valence-corrected chi connectivity index (χ4v) is 2.94. The van der Waals surface area contributed by atoms with Crippen molar-refractivity contribution in [2.45, 2.75) is 25.5 Å². The Balaban J connectivity index is 2.11. The summed E-state index contributed by atoms with van der Waals surface area (Å²) in [4.78, 5) is 27.4. The predicted octanol–water partition coefficient (Wildman–Crippen LogP) is 1.35. The van der Waals surface area contributed by atoms with Gasteiger partial charge in [-0.3, -0.25) is 4.79 Å². The van der Waals surface area contributed by atoms with Gasteiger partial charge in [0.15, 0.2) is 0 Å². The van der Waals surface area contributed by atoms with E-state index in [1.54, 1.807) is 6.92 Å². The molecule has 0 unspecified atom stereocenters. The molecule has 1 aromatic rings. The summed E-state index contributed by atoms with van der Waals surface area (Å²) >= 11 is 6.05. The van der Waals surface area contributed by atoms with Crippen LogP contribution in [-0.4, -0.2) is 59.3 Å². The average Bonchev–Trinajstić information content (AvgIpc) is 2.81. The second kappa shape index (κ2) is 6.89. The number of carboxylic acid groups (broad SMARTS) is 1. The number of aromatic amines is 1. The van der Waals surface area contributed by atoms with E-state index in [0.717, 1.165) is 0 Å². The first kappa shape index (κ1) is 17.1. The van der Waals surface area contributed by atoms with Gasteiger partial charge in [0.1, 0.15) is 11.8 Å². The van der Waals surface area contributed by atoms with E-state index in [0.29, 0.717) is 18.7 Å². The number of nitriles is 1. The number of nitrogens with zero attached hydrogens (tertiary/aromatic N) is 2. The van der Waals surface area contributed by atoms with Gasteiger partial charge in [-0.25, -0.2) is 4.79 Å². The number of rotatable bonds is 3. The van der Waals surface area contributed by atoms with Crippen molar-refractivity contribution >= 4 is 23.6 Å². The van der Waals surface area contributed by atoms with E-state index in [-0.39, 0.29) is 28.9 Å². The number of likely N-dealkylation sites (tertiary alicyclic amines) is 1. The zero-order valence-electron chi connectivity index (χ0n) is 12.7. The third-order valence-corrected chi connectivity index (χ3v) is 4.29. The second-order valence-corrected chi connectivity index (χ2v) is 5.68. The molecule has 8 nitrogen and oxygen atoms in total. The minimum atomic E-state index is -1.02. The van der Waals surface area contributed by atoms with E-state index in [4.69, 9.17) is 26.7 Å². The van der Waals surface area contributed by atoms with Crippen molar-refractivity contribution in [1.29, 1.82) is 5.26 Å². The van der Waals surface area contributed by atoms with Gasteiger partial charge in [-0.05, 0) is 13.3 Å². The molecular weight excluding hydrogens is 324 g/mol. The number of hydrogen-bond acceptors (Lipinski definition) is 4. The lowest BCUT2D eigenvalue weighted by atomic mass is 10.0. The molecule has 0 aliphatic carbocycles. The summed E-state index contributed by atoms with van der Waals surface area (Å²) < 4.78 is 5.29. The van der Waals surface area contributed by atoms with Crippen molar-refractivity contribution in [3.05, 3.63) is 22.0 Å². The Morgan fingerprint density at radius 2 is 2.26 bits per heavy atom. The molecule has 0 bridgehead atoms. The molecule has 9 heteroatoms. The normalized spacial score (nSPS) is 20.9. The minimum absolute atomic E-state index is 0.0828. The number of hydrogen-bond donors (Lipinski definition) is 3. The molecule has 0 radical (unpaired) electrons. The number of aryl methyl sites for hydroxylation is 1. The van der Waals surface area contributed by atoms with E-state index in [1.807, 2.05) is 6.07 Å². The molecule has 3 N–H and O–H groups in total. The molecule has 23 heavy (non-hydrogen) atoms. The van der Waals surface area contributed by atoms with Crippen LogP contribution in [0.4, 0.5) is 4.79 Å². The number of carbonyl (C=O) groups is 2. The fourth-order valence-electron chi connectivity index (χ4n) is 2.62. The van der Waals surface area contributed by atoms with Gasteiger partial charge in [-0.1, -0.05) is 11.6 Å². The molecule has 1 aliphatic heterocycles. The van der Waals surface area contributed by atoms with Gasteiger partial charge in [0, 0.05) is 19.3 Å². The molecule has 2 atom stereocenters. The Labute approximate surface area is 138 Å². The molecule has 0 saturated carbocycles. The first-order valence-electron chi connectivity index (χ1n) is 6.98. The quantitative estimate of drug-likeness (QED) is 0.767. The molecule has 0 spiro atoms. The van der Waals surface area contributed by atoms with E-state index in [1.165, 1.54) is 12.0 Å². The van der Waals surface area contributed by atoms with E-state index in [9.17, 15) is 9.59 Å². The average molecular weight is 341 g/mol. The summed E-state index contributed by atoms with van der Waals surface area (Å²) in [5.41, 5.74) is 0.878. The topological polar surface area (TPSA) is 118 Å². The highest BCUT2D eigenvalue weighted by molar-refractivity contribution is 6.35. The van der Waals surface area contributed by atoms with Gasteiger partial charge < -0.3 is 25.0 Å². The van der Waals surface area contributed by atoms with Crippen LogP contribution in [0.3, 0.4) is 0 Å². The van der Waals surface area contributed by atoms with Crippen LogP contribution in [0, 0.1) is 18.3 Å². The largest absolute Gasteiger partial charge is 0.465 e. The van der Waals surface area contributed by atoms with Crippen LogP contribution in [0.5, 0.6) is 0 Å². The fraction of sp³-hybridized carbons (Fsp3) is 0.500. The van der Waals surface area contributed by atoms with Gasteiger partial charge in [-0.15, -0.1) is 0 Å². The van der Waals surface area contributed by atoms with Crippen LogP contribution in [0.2, 0.25) is 5.02 Å². The maximum Gasteiger partial charge on any atom is 0.407 e. The maximum atomic E-state index is 12.4. The highest BCUT2D eigenvalue weighted by atomic mass is 35.5. The summed E-state index contributed by atoms with van der Waals surface area (Å²) in [6.07, 6.45) is -1.04. The van der Waals surface area contributed by atoms with Gasteiger partial charge in [0.25, 0.3) is 5.91 Å². The van der Waals surface area contributed by atoms with Crippen molar-refractivity contribution in [3.8, 4) is 6.07 Å². The smallest absolute Gasteiger partial charge is 0.407 e. The van der Waals surface area contributed by atoms with Crippen LogP contribution >= 0.6 is 11.6 Å². The number of carbonyl (C=O) groups excluding carboxylic acids is 1. The van der Waals surface area contributed by atoms with Crippen molar-refractivity contribution in [2.24, 2.45) is 0 Å². The summed E-state index contributed by atoms with van der Waals surface area (Å²) in [5, 5.41) is 20.9. The van der Waals surface area contributed by atoms with Crippen molar-refractivity contribution in [3.63, 3.8) is 0 Å². The third kappa shape index (κ3) is 3.41. The minimum Gasteiger partial charge on any atom is -0.465 e. The number of ether oxygens (including phenoxy) is 1. The molecular formula is C14H17ClN4O4. The van der Waals surface area contributed by atoms with E-state index >= 15 is 0 Å². The number of piperidine rings is 1. The molecule has 1 aliphatic rings. The molecule has 1 fully saturated rings. The van der Waals surface area contributed by atoms with Crippen LogP contribution in [0.15, 0.2) is 0 Å². The lowest BCUT2D eigenvalue weighted by Crippen LogP contribution is -2.55. The van der Waals surface area contributed by atoms with Crippen LogP contribution in [0.25, 0.3) is 0 Å². The summed E-state index contributed by atoms with van der Waals surface area (Å²) in [7, 11) is 1.47. The molecule has 124 valence electrons. The molecule has 2 rings (SSSR count). The number of nitrogens with one attached hydrogen (secondary N) is 2. The van der Waals surface area contributed by atoms with Gasteiger partial charge >= 0.3 is 6.09 Å². The van der Waals surface area contributed by atoms with Crippen LogP contribution in [-0.2, 0) is 4.74 Å². The molecule has 1 aromatic heterocycles. The number of methoxy groups -OCH3 is 1. The monoisotopic (exact) mass is 340 g/mol. The lowest BCUT2D eigenvalue weighted by Gasteiger charge is -2.36. The summed E-state index contributed by atoms with van der Waals surface area (Å²) in [6.45, 7) is 2.14. The van der Waals surface area contributed by atoms with Gasteiger partial charge in [0.2, 0.25) is 0 Å². The second-order valence-electron chi connectivity index (χ2n) is 5.30. The molecule has 1 saturated heterocycles. The number of amides is 2. The Morgan fingerprint density at radius 1 is 1.57 bits per heavy atom. The molecule has 0 aromatic carbocycles. The Bertz CT molecular complexity index is 666. The number of halogens is 1. The zero-order chi connectivity index (χ0) is 17.1. The Hall–Kier alpha value is -2.24. The summed E-state index contributed by atoms with van der Waals surface area (Å²) in [6, 6.07) is 1.60. The molecule has 2 amide bonds. The first-order valence-corrected chi connectivity index (χ1v) is 7.36. The van der Waals surface area contributed by atoms with Crippen molar-refractivity contribution < 1.29 is 19.4 Å². The van der Waals surface area contributed by atoms with Gasteiger partial charge in [-0.2, -0.15) is 5.26 Å². The SMILES string of the molecule is CO[C@H]1CN(C(=O)O)CC[C@H]1NC(=O)c1[nH]c(C)c(C#N)c1Cl. The van der Waals surface area contributed by atoms with E-state index in [2.05, 4.69) is 10.3 Å². The predicted molar refractivity (Wildman–Crippen MR) is 81.5 cm³/mol. The molecule has 2 heterocycles. The number of H-pyrrole nitrogens is 1. The zero-order valence-corrected chi connectivity index (χ0v) is 13.5. The first-order chi connectivity index (χ1) is 10.9. The van der Waals surface area contributed by atoms with Gasteiger partial charge in [0.05, 0.1) is 29.3 Å².